The molecule has 1 unspecified atom stereocenters. The fraction of sp³-hybridized carbons (Fsp3) is 0.600. The van der Waals surface area contributed by atoms with Crippen molar-refractivity contribution in [3.05, 3.63) is 35.9 Å². The monoisotopic (exact) mass is 284 g/mol. The van der Waals surface area contributed by atoms with Crippen molar-refractivity contribution in [3.63, 3.8) is 0 Å². The van der Waals surface area contributed by atoms with Crippen molar-refractivity contribution in [2.75, 3.05) is 11.5 Å². The number of benzene rings is 1. The second-order valence-corrected chi connectivity index (χ2v) is 7.95. The van der Waals surface area contributed by atoms with Crippen LogP contribution in [0.1, 0.15) is 39.2 Å². The first-order valence-corrected chi connectivity index (χ1v) is 8.55. The van der Waals surface area contributed by atoms with Crippen LogP contribution in [0.5, 0.6) is 0 Å². The van der Waals surface area contributed by atoms with Crippen LogP contribution < -0.4 is 0 Å². The van der Waals surface area contributed by atoms with E-state index in [0.717, 1.165) is 5.56 Å². The van der Waals surface area contributed by atoms with E-state index in [1.165, 1.54) is 0 Å². The average molecular weight is 284 g/mol. The highest BCUT2D eigenvalue weighted by atomic mass is 32.2. The summed E-state index contributed by atoms with van der Waals surface area (Å²) >= 11 is 0. The minimum atomic E-state index is -2.94. The van der Waals surface area contributed by atoms with Crippen molar-refractivity contribution in [1.82, 2.24) is 0 Å². The molecule has 0 aliphatic carbocycles. The standard InChI is InChI=1S/C15H24O3S/c1-4-19(17,18)12-8-11-14(16)15(2,3)13-9-6-5-7-10-13/h5-7,9-10,14,16H,4,8,11-12H2,1-3H3. The minimum Gasteiger partial charge on any atom is -0.392 e. The Morgan fingerprint density at radius 2 is 1.79 bits per heavy atom. The van der Waals surface area contributed by atoms with Gasteiger partial charge in [0.1, 0.15) is 9.84 Å². The third-order valence-electron chi connectivity index (χ3n) is 3.72. The summed E-state index contributed by atoms with van der Waals surface area (Å²) in [6.45, 7) is 5.63. The lowest BCUT2D eigenvalue weighted by Crippen LogP contribution is -2.34. The minimum absolute atomic E-state index is 0.158. The quantitative estimate of drug-likeness (QED) is 0.837. The van der Waals surface area contributed by atoms with Crippen LogP contribution in [0, 0.1) is 0 Å². The fourth-order valence-electron chi connectivity index (χ4n) is 2.06. The molecule has 4 heteroatoms. The summed E-state index contributed by atoms with van der Waals surface area (Å²) in [4.78, 5) is 0. The highest BCUT2D eigenvalue weighted by Crippen LogP contribution is 2.29. The SMILES string of the molecule is CCS(=O)(=O)CCCC(O)C(C)(C)c1ccccc1. The van der Waals surface area contributed by atoms with Crippen LogP contribution in [0.4, 0.5) is 0 Å². The van der Waals surface area contributed by atoms with E-state index in [0.29, 0.717) is 12.8 Å². The maximum atomic E-state index is 11.4. The topological polar surface area (TPSA) is 54.4 Å². The smallest absolute Gasteiger partial charge is 0.150 e. The lowest BCUT2D eigenvalue weighted by atomic mass is 9.78. The number of hydrogen-bond acceptors (Lipinski definition) is 3. The van der Waals surface area contributed by atoms with E-state index in [2.05, 4.69) is 0 Å². The third kappa shape index (κ3) is 4.62. The maximum Gasteiger partial charge on any atom is 0.150 e. The summed E-state index contributed by atoms with van der Waals surface area (Å²) in [6.07, 6.45) is 0.469. The summed E-state index contributed by atoms with van der Waals surface area (Å²) in [5.41, 5.74) is 0.706. The molecule has 0 saturated carbocycles. The van der Waals surface area contributed by atoms with E-state index in [9.17, 15) is 13.5 Å². The summed E-state index contributed by atoms with van der Waals surface area (Å²) in [7, 11) is -2.94. The highest BCUT2D eigenvalue weighted by Gasteiger charge is 2.29. The van der Waals surface area contributed by atoms with Crippen LogP contribution in [0.15, 0.2) is 30.3 Å². The van der Waals surface area contributed by atoms with Crippen LogP contribution in [-0.2, 0) is 15.3 Å². The van der Waals surface area contributed by atoms with Gasteiger partial charge in [-0.05, 0) is 18.4 Å². The molecular weight excluding hydrogens is 260 g/mol. The average Bonchev–Trinajstić information content (AvgIpc) is 2.39. The molecule has 0 aliphatic rings. The predicted molar refractivity (Wildman–Crippen MR) is 79.0 cm³/mol. The molecule has 0 aromatic heterocycles. The molecule has 19 heavy (non-hydrogen) atoms. The Bertz CT molecular complexity index is 477. The molecular formula is C15H24O3S. The molecule has 0 aliphatic heterocycles. The molecule has 1 aromatic carbocycles. The maximum absolute atomic E-state index is 11.4. The van der Waals surface area contributed by atoms with Gasteiger partial charge < -0.3 is 5.11 Å². The van der Waals surface area contributed by atoms with E-state index < -0.39 is 15.9 Å². The van der Waals surface area contributed by atoms with Crippen molar-refractivity contribution >= 4 is 9.84 Å². The number of sulfone groups is 1. The highest BCUT2D eigenvalue weighted by molar-refractivity contribution is 7.91. The Morgan fingerprint density at radius 3 is 2.32 bits per heavy atom. The second kappa shape index (κ2) is 6.53. The summed E-state index contributed by atoms with van der Waals surface area (Å²) in [5.74, 6) is 0.330. The molecule has 1 N–H and O–H groups in total. The first kappa shape index (κ1) is 16.2. The van der Waals surface area contributed by atoms with Crippen molar-refractivity contribution in [2.45, 2.75) is 45.1 Å². The van der Waals surface area contributed by atoms with Gasteiger partial charge in [-0.15, -0.1) is 0 Å². The zero-order chi connectivity index (χ0) is 14.5. The summed E-state index contributed by atoms with van der Waals surface area (Å²) in [6, 6.07) is 9.83. The molecule has 108 valence electrons. The molecule has 0 heterocycles. The normalized spacial score (nSPS) is 14.3. The van der Waals surface area contributed by atoms with Crippen molar-refractivity contribution in [3.8, 4) is 0 Å². The van der Waals surface area contributed by atoms with Gasteiger partial charge in [0, 0.05) is 11.2 Å². The molecule has 0 amide bonds. The second-order valence-electron chi connectivity index (χ2n) is 5.48. The van der Waals surface area contributed by atoms with Crippen LogP contribution in [-0.4, -0.2) is 31.1 Å². The Labute approximate surface area is 116 Å². The van der Waals surface area contributed by atoms with Gasteiger partial charge in [-0.1, -0.05) is 51.1 Å². The van der Waals surface area contributed by atoms with Gasteiger partial charge in [-0.25, -0.2) is 8.42 Å². The predicted octanol–water partition coefficient (Wildman–Crippen LogP) is 2.54. The molecule has 0 spiro atoms. The van der Waals surface area contributed by atoms with Gasteiger partial charge in [-0.3, -0.25) is 0 Å². The molecule has 0 bridgehead atoms. The van der Waals surface area contributed by atoms with Crippen LogP contribution in [0.25, 0.3) is 0 Å². The Kier molecular flexibility index (Phi) is 5.56. The molecule has 3 nitrogen and oxygen atoms in total. The molecule has 1 aromatic rings. The van der Waals surface area contributed by atoms with Gasteiger partial charge in [0.2, 0.25) is 0 Å². The summed E-state index contributed by atoms with van der Waals surface area (Å²) in [5, 5.41) is 10.3. The van der Waals surface area contributed by atoms with Crippen LogP contribution in [0.2, 0.25) is 0 Å². The Hall–Kier alpha value is -0.870. The van der Waals surface area contributed by atoms with Gasteiger partial charge in [0.05, 0.1) is 11.9 Å². The van der Waals surface area contributed by atoms with E-state index in [1.807, 2.05) is 44.2 Å². The van der Waals surface area contributed by atoms with Gasteiger partial charge in [0.25, 0.3) is 0 Å². The molecule has 0 fully saturated rings. The van der Waals surface area contributed by atoms with E-state index in [4.69, 9.17) is 0 Å². The zero-order valence-corrected chi connectivity index (χ0v) is 12.8. The van der Waals surface area contributed by atoms with Gasteiger partial charge in [0.15, 0.2) is 0 Å². The first-order chi connectivity index (χ1) is 8.79. The van der Waals surface area contributed by atoms with Crippen molar-refractivity contribution < 1.29 is 13.5 Å². The number of aliphatic hydroxyl groups is 1. The van der Waals surface area contributed by atoms with Crippen molar-refractivity contribution in [1.29, 1.82) is 0 Å². The van der Waals surface area contributed by atoms with E-state index in [1.54, 1.807) is 6.92 Å². The summed E-state index contributed by atoms with van der Waals surface area (Å²) < 4.78 is 22.8. The van der Waals surface area contributed by atoms with Crippen LogP contribution in [0.3, 0.4) is 0 Å². The molecule has 1 atom stereocenters. The zero-order valence-electron chi connectivity index (χ0n) is 12.0. The molecule has 1 rings (SSSR count). The fourth-order valence-corrected chi connectivity index (χ4v) is 2.96. The van der Waals surface area contributed by atoms with Gasteiger partial charge in [-0.2, -0.15) is 0 Å². The van der Waals surface area contributed by atoms with E-state index >= 15 is 0 Å². The largest absolute Gasteiger partial charge is 0.392 e. The Morgan fingerprint density at radius 1 is 1.21 bits per heavy atom. The van der Waals surface area contributed by atoms with Gasteiger partial charge >= 0.3 is 0 Å². The number of rotatable bonds is 7. The van der Waals surface area contributed by atoms with Crippen LogP contribution >= 0.6 is 0 Å². The van der Waals surface area contributed by atoms with Crippen molar-refractivity contribution in [2.24, 2.45) is 0 Å². The van der Waals surface area contributed by atoms with E-state index in [-0.39, 0.29) is 16.9 Å². The number of hydrogen-bond donors (Lipinski definition) is 1. The first-order valence-electron chi connectivity index (χ1n) is 6.73. The lowest BCUT2D eigenvalue weighted by Gasteiger charge is -2.31. The number of aliphatic hydroxyl groups excluding tert-OH is 1. The Balaban J connectivity index is 2.60. The third-order valence-corrected chi connectivity index (χ3v) is 5.51. The lowest BCUT2D eigenvalue weighted by molar-refractivity contribution is 0.0907. The molecule has 0 saturated heterocycles. The molecule has 0 radical (unpaired) electrons.